The van der Waals surface area contributed by atoms with E-state index in [0.29, 0.717) is 10.9 Å². The molecule has 0 bridgehead atoms. The van der Waals surface area contributed by atoms with Crippen LogP contribution in [0, 0.1) is 0 Å². The zero-order valence-electron chi connectivity index (χ0n) is 10.8. The van der Waals surface area contributed by atoms with Crippen LogP contribution in [0.3, 0.4) is 0 Å². The van der Waals surface area contributed by atoms with E-state index < -0.39 is 0 Å². The Hall–Kier alpha value is -1.47. The summed E-state index contributed by atoms with van der Waals surface area (Å²) in [5.41, 5.74) is 1.51. The molecule has 0 saturated carbocycles. The first-order valence-electron chi connectivity index (χ1n) is 6.19. The average Bonchev–Trinajstić information content (AvgIpc) is 2.38. The van der Waals surface area contributed by atoms with E-state index in [1.165, 1.54) is 32.9 Å². The fraction of sp³-hybridized carbons (Fsp3) is 0.176. The average molecular weight is 253 g/mol. The molecule has 3 rings (SSSR count). The predicted molar refractivity (Wildman–Crippen MR) is 84.4 cm³/mol. The van der Waals surface area contributed by atoms with Crippen molar-refractivity contribution in [1.29, 1.82) is 0 Å². The molecule has 0 aromatic heterocycles. The molecular weight excluding hydrogens is 236 g/mol. The van der Waals surface area contributed by atoms with E-state index >= 15 is 0 Å². The molecule has 0 unspecified atom stereocenters. The Morgan fingerprint density at radius 1 is 0.778 bits per heavy atom. The molecule has 3 aromatic carbocycles. The summed E-state index contributed by atoms with van der Waals surface area (Å²) < 4.78 is 0. The maximum absolute atomic E-state index is 2.32. The van der Waals surface area contributed by atoms with Gasteiger partial charge in [-0.3, -0.25) is 0 Å². The van der Waals surface area contributed by atoms with Gasteiger partial charge in [0.05, 0.1) is 12.5 Å². The van der Waals surface area contributed by atoms with E-state index in [-0.39, 0.29) is 0 Å². The Labute approximate surface area is 111 Å². The molecule has 0 atom stereocenters. The number of rotatable bonds is 2. The van der Waals surface area contributed by atoms with Crippen LogP contribution in [0.5, 0.6) is 0 Å². The molecule has 3 aromatic rings. The molecule has 0 nitrogen and oxygen atoms in total. The van der Waals surface area contributed by atoms with Crippen molar-refractivity contribution in [3.8, 4) is 0 Å². The molecule has 0 aliphatic heterocycles. The van der Waals surface area contributed by atoms with Gasteiger partial charge in [0.2, 0.25) is 0 Å². The van der Waals surface area contributed by atoms with Gasteiger partial charge in [0.15, 0.2) is 0 Å². The molecular formula is C17H17S+. The zero-order valence-corrected chi connectivity index (χ0v) is 11.6. The predicted octanol–water partition coefficient (Wildman–Crippen LogP) is 4.37. The summed E-state index contributed by atoms with van der Waals surface area (Å²) in [6, 6.07) is 19.8. The molecule has 0 aliphatic rings. The lowest BCUT2D eigenvalue weighted by Crippen LogP contribution is -2.01. The Bertz CT molecular complexity index is 644. The van der Waals surface area contributed by atoms with Crippen molar-refractivity contribution < 1.29 is 0 Å². The van der Waals surface area contributed by atoms with Crippen molar-refractivity contribution in [1.82, 2.24) is 0 Å². The van der Waals surface area contributed by atoms with Gasteiger partial charge in [0.1, 0.15) is 5.75 Å². The van der Waals surface area contributed by atoms with Gasteiger partial charge in [-0.25, -0.2) is 0 Å². The van der Waals surface area contributed by atoms with E-state index in [1.807, 2.05) is 0 Å². The second-order valence-corrected chi connectivity index (χ2v) is 7.19. The fourth-order valence-electron chi connectivity index (χ4n) is 2.55. The summed E-state index contributed by atoms with van der Waals surface area (Å²) >= 11 is 0. The van der Waals surface area contributed by atoms with E-state index in [9.17, 15) is 0 Å². The lowest BCUT2D eigenvalue weighted by atomic mass is 9.98. The molecule has 0 aliphatic carbocycles. The standard InChI is InChI=1S/C17H17S/c1-18(2)12-17-15-9-5-3-7-13(15)11-14-8-4-6-10-16(14)17/h3-11H,12H2,1-2H3/q+1. The summed E-state index contributed by atoms with van der Waals surface area (Å²) in [7, 11) is 0.421. The third-order valence-corrected chi connectivity index (χ3v) is 4.18. The van der Waals surface area contributed by atoms with Gasteiger partial charge in [0, 0.05) is 5.56 Å². The topological polar surface area (TPSA) is 0 Å². The molecule has 0 N–H and O–H groups in total. The molecule has 90 valence electrons. The fourth-order valence-corrected chi connectivity index (χ4v) is 3.44. The summed E-state index contributed by atoms with van der Waals surface area (Å²) in [6.45, 7) is 0. The second kappa shape index (κ2) is 4.66. The van der Waals surface area contributed by atoms with Crippen molar-refractivity contribution >= 4 is 32.4 Å². The van der Waals surface area contributed by atoms with E-state index in [4.69, 9.17) is 0 Å². The minimum Gasteiger partial charge on any atom is -0.0616 e. The molecule has 18 heavy (non-hydrogen) atoms. The lowest BCUT2D eigenvalue weighted by molar-refractivity contribution is 1.49. The van der Waals surface area contributed by atoms with Crippen LogP contribution in [-0.2, 0) is 16.6 Å². The summed E-state index contributed by atoms with van der Waals surface area (Å²) in [4.78, 5) is 0. The van der Waals surface area contributed by atoms with Crippen molar-refractivity contribution in [3.63, 3.8) is 0 Å². The van der Waals surface area contributed by atoms with Gasteiger partial charge in [-0.05, 0) is 38.5 Å². The number of hydrogen-bond donors (Lipinski definition) is 0. The molecule has 1 heteroatoms. The van der Waals surface area contributed by atoms with Gasteiger partial charge in [-0.2, -0.15) is 0 Å². The SMILES string of the molecule is C[S+](C)Cc1c2ccccc2cc2ccccc12. The van der Waals surface area contributed by atoms with Crippen LogP contribution < -0.4 is 0 Å². The van der Waals surface area contributed by atoms with Crippen LogP contribution in [0.15, 0.2) is 54.6 Å². The number of hydrogen-bond acceptors (Lipinski definition) is 0. The van der Waals surface area contributed by atoms with E-state index in [0.717, 1.165) is 0 Å². The van der Waals surface area contributed by atoms with Crippen LogP contribution in [0.25, 0.3) is 21.5 Å². The van der Waals surface area contributed by atoms with E-state index in [1.54, 1.807) is 0 Å². The first kappa shape index (κ1) is 11.6. The Balaban J connectivity index is 2.41. The Kier molecular flexibility index (Phi) is 3.00. The third kappa shape index (κ3) is 1.99. The quantitative estimate of drug-likeness (QED) is 0.470. The normalized spacial score (nSPS) is 11.5. The largest absolute Gasteiger partial charge is 0.133 e. The Morgan fingerprint density at radius 3 is 1.78 bits per heavy atom. The molecule has 0 radical (unpaired) electrons. The first-order chi connectivity index (χ1) is 8.75. The van der Waals surface area contributed by atoms with Gasteiger partial charge in [-0.15, -0.1) is 0 Å². The highest BCUT2D eigenvalue weighted by Crippen LogP contribution is 2.29. The van der Waals surface area contributed by atoms with Gasteiger partial charge in [0.25, 0.3) is 0 Å². The van der Waals surface area contributed by atoms with Crippen molar-refractivity contribution in [2.45, 2.75) is 5.75 Å². The highest BCUT2D eigenvalue weighted by Gasteiger charge is 2.12. The van der Waals surface area contributed by atoms with E-state index in [2.05, 4.69) is 67.1 Å². The highest BCUT2D eigenvalue weighted by atomic mass is 32.2. The minimum atomic E-state index is 0.421. The van der Waals surface area contributed by atoms with Crippen molar-refractivity contribution in [3.05, 3.63) is 60.2 Å². The van der Waals surface area contributed by atoms with Crippen LogP contribution in [-0.4, -0.2) is 12.5 Å². The highest BCUT2D eigenvalue weighted by molar-refractivity contribution is 7.94. The van der Waals surface area contributed by atoms with Crippen LogP contribution in [0.1, 0.15) is 5.56 Å². The number of fused-ring (bicyclic) bond motifs is 2. The molecule has 0 spiro atoms. The molecule has 0 saturated heterocycles. The van der Waals surface area contributed by atoms with Crippen molar-refractivity contribution in [2.75, 3.05) is 12.5 Å². The number of benzene rings is 3. The van der Waals surface area contributed by atoms with Gasteiger partial charge >= 0.3 is 0 Å². The monoisotopic (exact) mass is 253 g/mol. The zero-order chi connectivity index (χ0) is 12.5. The van der Waals surface area contributed by atoms with Crippen molar-refractivity contribution in [2.24, 2.45) is 0 Å². The first-order valence-corrected chi connectivity index (χ1v) is 8.40. The summed E-state index contributed by atoms with van der Waals surface area (Å²) in [5.74, 6) is 1.17. The van der Waals surface area contributed by atoms with Gasteiger partial charge < -0.3 is 0 Å². The molecule has 0 heterocycles. The lowest BCUT2D eigenvalue weighted by Gasteiger charge is -2.09. The summed E-state index contributed by atoms with van der Waals surface area (Å²) in [6.07, 6.45) is 4.63. The molecule has 0 fully saturated rings. The van der Waals surface area contributed by atoms with Gasteiger partial charge in [-0.1, -0.05) is 48.5 Å². The Morgan fingerprint density at radius 2 is 1.28 bits per heavy atom. The van der Waals surface area contributed by atoms with Crippen LogP contribution in [0.2, 0.25) is 0 Å². The van der Waals surface area contributed by atoms with Crippen LogP contribution in [0.4, 0.5) is 0 Å². The maximum atomic E-state index is 2.32. The van der Waals surface area contributed by atoms with Crippen LogP contribution >= 0.6 is 0 Å². The molecule has 0 amide bonds. The maximum Gasteiger partial charge on any atom is 0.133 e. The minimum absolute atomic E-state index is 0.421. The smallest absolute Gasteiger partial charge is 0.0616 e. The summed E-state index contributed by atoms with van der Waals surface area (Å²) in [5, 5.41) is 5.54. The third-order valence-electron chi connectivity index (χ3n) is 3.32. The second-order valence-electron chi connectivity index (χ2n) is 4.93.